The van der Waals surface area contributed by atoms with Crippen molar-refractivity contribution in [3.05, 3.63) is 0 Å². The topological polar surface area (TPSA) is 49.4 Å². The summed E-state index contributed by atoms with van der Waals surface area (Å²) in [7, 11) is -1.49. The Bertz CT molecular complexity index is 327. The normalized spacial score (nSPS) is 23.0. The van der Waals surface area contributed by atoms with Crippen molar-refractivity contribution in [1.29, 1.82) is 0 Å². The fourth-order valence-corrected chi connectivity index (χ4v) is 3.38. The second kappa shape index (κ2) is 5.67. The van der Waals surface area contributed by atoms with Gasteiger partial charge in [0.05, 0.1) is 4.75 Å². The van der Waals surface area contributed by atoms with E-state index in [1.54, 1.807) is 27.8 Å². The van der Waals surface area contributed by atoms with Gasteiger partial charge in [-0.2, -0.15) is 0 Å². The van der Waals surface area contributed by atoms with Gasteiger partial charge in [-0.05, 0) is 46.6 Å². The molecule has 1 atom stereocenters. The Morgan fingerprint density at radius 1 is 1.29 bits per heavy atom. The van der Waals surface area contributed by atoms with Crippen LogP contribution in [0.4, 0.5) is 0 Å². The van der Waals surface area contributed by atoms with Gasteiger partial charge in [-0.25, -0.2) is 12.7 Å². The molecular weight excluding hydrogens is 236 g/mol. The van der Waals surface area contributed by atoms with Gasteiger partial charge in [-0.3, -0.25) is 0 Å². The molecule has 0 aromatic rings. The van der Waals surface area contributed by atoms with Gasteiger partial charge in [-0.15, -0.1) is 0 Å². The van der Waals surface area contributed by atoms with Crippen LogP contribution < -0.4 is 5.32 Å². The van der Waals surface area contributed by atoms with Crippen molar-refractivity contribution in [2.45, 2.75) is 57.2 Å². The lowest BCUT2D eigenvalue weighted by molar-refractivity contribution is 0.348. The predicted molar refractivity (Wildman–Crippen MR) is 71.6 cm³/mol. The van der Waals surface area contributed by atoms with Crippen LogP contribution >= 0.6 is 0 Å². The highest BCUT2D eigenvalue weighted by atomic mass is 32.2. The smallest absolute Gasteiger partial charge is 0.218 e. The molecule has 1 N–H and O–H groups in total. The van der Waals surface area contributed by atoms with E-state index in [4.69, 9.17) is 0 Å². The Morgan fingerprint density at radius 3 is 2.41 bits per heavy atom. The Labute approximate surface area is 106 Å². The zero-order valence-electron chi connectivity index (χ0n) is 11.5. The van der Waals surface area contributed by atoms with Crippen molar-refractivity contribution in [3.63, 3.8) is 0 Å². The Kier molecular flexibility index (Phi) is 4.98. The van der Waals surface area contributed by atoms with Crippen molar-refractivity contribution in [2.75, 3.05) is 20.1 Å². The van der Waals surface area contributed by atoms with Crippen molar-refractivity contribution >= 4 is 10.0 Å². The molecule has 0 spiro atoms. The number of hydrogen-bond acceptors (Lipinski definition) is 3. The summed E-state index contributed by atoms with van der Waals surface area (Å²) in [5, 5.41) is 3.44. The lowest BCUT2D eigenvalue weighted by Gasteiger charge is -2.29. The number of nitrogens with one attached hydrogen (secondary N) is 1. The molecular formula is C12H26N2O2S. The summed E-state index contributed by atoms with van der Waals surface area (Å²) >= 11 is 0. The van der Waals surface area contributed by atoms with Crippen LogP contribution in [0, 0.1) is 0 Å². The SMILES string of the molecule is CN(CCC1CCCCN1)S(=O)(=O)C(C)(C)C. The van der Waals surface area contributed by atoms with E-state index in [1.165, 1.54) is 23.6 Å². The number of hydrogen-bond donors (Lipinski definition) is 1. The summed E-state index contributed by atoms with van der Waals surface area (Å²) in [5.41, 5.74) is 0. The van der Waals surface area contributed by atoms with Crippen molar-refractivity contribution in [1.82, 2.24) is 9.62 Å². The maximum absolute atomic E-state index is 12.1. The summed E-state index contributed by atoms with van der Waals surface area (Å²) in [6, 6.07) is 0.487. The minimum atomic E-state index is -3.17. The molecule has 0 bridgehead atoms. The third-order valence-corrected chi connectivity index (χ3v) is 5.94. The van der Waals surface area contributed by atoms with Crippen LogP contribution in [-0.4, -0.2) is 43.6 Å². The third kappa shape index (κ3) is 3.93. The minimum Gasteiger partial charge on any atom is -0.314 e. The van der Waals surface area contributed by atoms with Gasteiger partial charge in [0.2, 0.25) is 10.0 Å². The molecule has 0 aromatic heterocycles. The molecule has 0 saturated carbocycles. The molecule has 4 nitrogen and oxygen atoms in total. The first-order valence-corrected chi connectivity index (χ1v) is 7.88. The summed E-state index contributed by atoms with van der Waals surface area (Å²) in [4.78, 5) is 0. The summed E-state index contributed by atoms with van der Waals surface area (Å²) in [6.45, 7) is 6.92. The quantitative estimate of drug-likeness (QED) is 0.837. The number of sulfonamides is 1. The molecule has 1 heterocycles. The van der Waals surface area contributed by atoms with Crippen LogP contribution in [0.25, 0.3) is 0 Å². The van der Waals surface area contributed by atoms with Gasteiger partial charge >= 0.3 is 0 Å². The Balaban J connectivity index is 2.46. The van der Waals surface area contributed by atoms with E-state index >= 15 is 0 Å². The highest BCUT2D eigenvalue weighted by molar-refractivity contribution is 7.90. The zero-order valence-corrected chi connectivity index (χ0v) is 12.3. The fourth-order valence-electron chi connectivity index (χ4n) is 2.10. The van der Waals surface area contributed by atoms with Crippen LogP contribution in [0.1, 0.15) is 46.5 Å². The maximum Gasteiger partial charge on any atom is 0.218 e. The molecule has 0 aromatic carbocycles. The largest absolute Gasteiger partial charge is 0.314 e. The zero-order chi connectivity index (χ0) is 13.1. The molecule has 102 valence electrons. The van der Waals surface area contributed by atoms with Gasteiger partial charge in [0, 0.05) is 19.6 Å². The van der Waals surface area contributed by atoms with Crippen molar-refractivity contribution in [2.24, 2.45) is 0 Å². The van der Waals surface area contributed by atoms with Gasteiger partial charge < -0.3 is 5.32 Å². The van der Waals surface area contributed by atoms with E-state index < -0.39 is 14.8 Å². The molecule has 1 saturated heterocycles. The second-order valence-corrected chi connectivity index (χ2v) is 8.67. The molecule has 1 aliphatic heterocycles. The molecule has 1 aliphatic rings. The van der Waals surface area contributed by atoms with Gasteiger partial charge in [0.25, 0.3) is 0 Å². The lowest BCUT2D eigenvalue weighted by Crippen LogP contribution is -2.43. The summed E-state index contributed by atoms with van der Waals surface area (Å²) < 4.78 is 25.1. The van der Waals surface area contributed by atoms with Crippen LogP contribution in [0.3, 0.4) is 0 Å². The maximum atomic E-state index is 12.1. The highest BCUT2D eigenvalue weighted by Crippen LogP contribution is 2.20. The van der Waals surface area contributed by atoms with Gasteiger partial charge in [0.15, 0.2) is 0 Å². The third-order valence-electron chi connectivity index (χ3n) is 3.39. The van der Waals surface area contributed by atoms with E-state index in [0.29, 0.717) is 12.6 Å². The lowest BCUT2D eigenvalue weighted by atomic mass is 10.0. The van der Waals surface area contributed by atoms with E-state index in [0.717, 1.165) is 13.0 Å². The summed E-state index contributed by atoms with van der Waals surface area (Å²) in [6.07, 6.45) is 4.58. The molecule has 17 heavy (non-hydrogen) atoms. The molecule has 1 fully saturated rings. The second-order valence-electron chi connectivity index (χ2n) is 5.87. The van der Waals surface area contributed by atoms with Crippen LogP contribution in [0.5, 0.6) is 0 Å². The van der Waals surface area contributed by atoms with Crippen LogP contribution in [0.15, 0.2) is 0 Å². The summed E-state index contributed by atoms with van der Waals surface area (Å²) in [5.74, 6) is 0. The van der Waals surface area contributed by atoms with E-state index in [1.807, 2.05) is 0 Å². The predicted octanol–water partition coefficient (Wildman–Crippen LogP) is 1.58. The van der Waals surface area contributed by atoms with Crippen molar-refractivity contribution in [3.8, 4) is 0 Å². The molecule has 0 radical (unpaired) electrons. The van der Waals surface area contributed by atoms with Crippen molar-refractivity contribution < 1.29 is 8.42 Å². The minimum absolute atomic E-state index is 0.487. The average molecular weight is 262 g/mol. The molecule has 0 amide bonds. The Morgan fingerprint density at radius 2 is 1.94 bits per heavy atom. The van der Waals surface area contributed by atoms with Crippen LogP contribution in [-0.2, 0) is 10.0 Å². The first kappa shape index (κ1) is 14.9. The fraction of sp³-hybridized carbons (Fsp3) is 1.00. The molecule has 1 rings (SSSR count). The number of rotatable bonds is 4. The first-order valence-electron chi connectivity index (χ1n) is 6.44. The standard InChI is InChI=1S/C12H26N2O2S/c1-12(2,3)17(15,16)14(4)10-8-11-7-5-6-9-13-11/h11,13H,5-10H2,1-4H3. The van der Waals surface area contributed by atoms with E-state index in [9.17, 15) is 8.42 Å². The van der Waals surface area contributed by atoms with Gasteiger partial charge in [0.1, 0.15) is 0 Å². The first-order chi connectivity index (χ1) is 7.75. The number of nitrogens with zero attached hydrogens (tertiary/aromatic N) is 1. The number of piperidine rings is 1. The van der Waals surface area contributed by atoms with E-state index in [2.05, 4.69) is 5.32 Å². The molecule has 0 aliphatic carbocycles. The highest BCUT2D eigenvalue weighted by Gasteiger charge is 2.33. The molecule has 5 heteroatoms. The molecule has 1 unspecified atom stereocenters. The average Bonchev–Trinajstić information content (AvgIpc) is 2.25. The Hall–Kier alpha value is -0.130. The van der Waals surface area contributed by atoms with Gasteiger partial charge in [-0.1, -0.05) is 6.42 Å². The van der Waals surface area contributed by atoms with Crippen LogP contribution in [0.2, 0.25) is 0 Å². The monoisotopic (exact) mass is 262 g/mol. The van der Waals surface area contributed by atoms with E-state index in [-0.39, 0.29) is 0 Å².